The fourth-order valence-electron chi connectivity index (χ4n) is 6.01. The molecule has 6 heteroatoms. The fraction of sp³-hybridized carbons (Fsp3) is 0.300. The highest BCUT2D eigenvalue weighted by Crippen LogP contribution is 2.47. The molecule has 2 nitrogen and oxygen atoms in total. The Kier molecular flexibility index (Phi) is 4.53. The number of halogens is 4. The third-order valence-corrected chi connectivity index (χ3v) is 8.17. The third-order valence-electron chi connectivity index (χ3n) is 8.17. The van der Waals surface area contributed by atoms with Gasteiger partial charge in [-0.3, -0.25) is 0 Å². The van der Waals surface area contributed by atoms with E-state index < -0.39 is 11.6 Å². The molecule has 3 aromatic carbocycles. The lowest BCUT2D eigenvalue weighted by molar-refractivity contribution is -0.643. The minimum absolute atomic E-state index is 0.152. The second-order valence-electron chi connectivity index (χ2n) is 10.8. The fourth-order valence-corrected chi connectivity index (χ4v) is 6.01. The van der Waals surface area contributed by atoms with Crippen molar-refractivity contribution in [3.8, 4) is 0 Å². The zero-order valence-corrected chi connectivity index (χ0v) is 21.2. The number of benzene rings is 3. The van der Waals surface area contributed by atoms with Crippen LogP contribution in [0.1, 0.15) is 36.1 Å². The molecule has 0 spiro atoms. The van der Waals surface area contributed by atoms with E-state index in [0.29, 0.717) is 16.7 Å². The molecule has 0 atom stereocenters. The summed E-state index contributed by atoms with van der Waals surface area (Å²) in [5.74, 6) is -0.246. The number of nitrogens with zero attached hydrogens (tertiary/aromatic N) is 2. The molecule has 0 aliphatic carbocycles. The summed E-state index contributed by atoms with van der Waals surface area (Å²) in [5.41, 5.74) is 4.23. The highest BCUT2D eigenvalue weighted by Gasteiger charge is 2.47. The molecule has 3 heterocycles. The number of hydrogen-bond donors (Lipinski definition) is 0. The van der Waals surface area contributed by atoms with Crippen LogP contribution in [0.25, 0.3) is 49.0 Å². The van der Waals surface area contributed by atoms with E-state index in [1.54, 1.807) is 13.8 Å². The Morgan fingerprint density at radius 3 is 2.25 bits per heavy atom. The zero-order valence-electron chi connectivity index (χ0n) is 21.2. The van der Waals surface area contributed by atoms with Crippen molar-refractivity contribution >= 4 is 49.0 Å². The van der Waals surface area contributed by atoms with Crippen LogP contribution in [0.15, 0.2) is 42.6 Å². The van der Waals surface area contributed by atoms with Crippen molar-refractivity contribution in [1.29, 1.82) is 0 Å². The molecule has 6 rings (SSSR count). The van der Waals surface area contributed by atoms with E-state index >= 15 is 4.39 Å². The summed E-state index contributed by atoms with van der Waals surface area (Å²) >= 11 is 0. The minimum atomic E-state index is -4.35. The molecule has 0 aliphatic rings. The van der Waals surface area contributed by atoms with Gasteiger partial charge in [0.1, 0.15) is 12.9 Å². The zero-order chi connectivity index (χ0) is 25.9. The normalized spacial score (nSPS) is 13.4. The minimum Gasteiger partial charge on any atom is -0.307 e. The Balaban J connectivity index is 1.97. The molecule has 0 N–H and O–H groups in total. The molecule has 0 radical (unpaired) electrons. The lowest BCUT2D eigenvalue weighted by Crippen LogP contribution is -2.34. The van der Waals surface area contributed by atoms with Crippen LogP contribution in [0, 0.1) is 32.0 Å². The van der Waals surface area contributed by atoms with Gasteiger partial charge in [0.15, 0.2) is 6.20 Å². The largest absolute Gasteiger partial charge is 0.394 e. The topological polar surface area (TPSA) is 8.29 Å². The molecule has 0 amide bonds. The Hall–Kier alpha value is -3.41. The van der Waals surface area contributed by atoms with Gasteiger partial charge in [-0.1, -0.05) is 32.0 Å². The third kappa shape index (κ3) is 2.76. The maximum Gasteiger partial charge on any atom is 0.394 e. The second-order valence-corrected chi connectivity index (χ2v) is 10.8. The molecule has 184 valence electrons. The van der Waals surface area contributed by atoms with Gasteiger partial charge in [0.2, 0.25) is 5.52 Å². The van der Waals surface area contributed by atoms with Crippen LogP contribution in [0.4, 0.5) is 17.6 Å². The van der Waals surface area contributed by atoms with Gasteiger partial charge in [-0.05, 0) is 61.4 Å². The molecule has 6 aromatic rings. The predicted molar refractivity (Wildman–Crippen MR) is 137 cm³/mol. The maximum atomic E-state index is 15.5. The van der Waals surface area contributed by atoms with Crippen molar-refractivity contribution in [2.45, 2.75) is 47.2 Å². The van der Waals surface area contributed by atoms with E-state index in [4.69, 9.17) is 0 Å². The monoisotopic (exact) mass is 491 g/mol. The van der Waals surface area contributed by atoms with Gasteiger partial charge in [0.25, 0.3) is 0 Å². The number of fused-ring (bicyclic) bond motifs is 6. The quantitative estimate of drug-likeness (QED) is 0.100. The summed E-state index contributed by atoms with van der Waals surface area (Å²) in [6, 6.07) is 11.7. The van der Waals surface area contributed by atoms with Gasteiger partial charge in [0.05, 0.1) is 32.7 Å². The number of aromatic nitrogens is 2. The van der Waals surface area contributed by atoms with Crippen LogP contribution in [0.3, 0.4) is 0 Å². The highest BCUT2D eigenvalue weighted by atomic mass is 19.4. The lowest BCUT2D eigenvalue weighted by atomic mass is 9.82. The first-order chi connectivity index (χ1) is 16.8. The number of rotatable bonds is 2. The molecule has 36 heavy (non-hydrogen) atoms. The number of aryl methyl sites for hydroxylation is 3. The van der Waals surface area contributed by atoms with Crippen LogP contribution >= 0.6 is 0 Å². The van der Waals surface area contributed by atoms with Gasteiger partial charge < -0.3 is 4.40 Å². The maximum absolute atomic E-state index is 15.5. The van der Waals surface area contributed by atoms with Crippen LogP contribution in [0.5, 0.6) is 0 Å². The molecule has 0 bridgehead atoms. The summed E-state index contributed by atoms with van der Waals surface area (Å²) in [5, 5.41) is 4.54. The lowest BCUT2D eigenvalue weighted by Gasteiger charge is -2.28. The van der Waals surface area contributed by atoms with E-state index in [-0.39, 0.29) is 12.2 Å². The smallest absolute Gasteiger partial charge is 0.307 e. The standard InChI is InChI=1S/C30H27F4N2/c1-15-16(2)25(31)17(3)26-22(15)27-24-18(11-12-35(27)6)13-19(14-29(4,5)30(32,33)34)23-20-9-7-8-10-21(20)36(26)28(23)24/h7-13H,14H2,1-6H3/q+1. The van der Waals surface area contributed by atoms with Crippen molar-refractivity contribution < 1.29 is 22.1 Å². The average Bonchev–Trinajstić information content (AvgIpc) is 3.16. The Morgan fingerprint density at radius 1 is 0.861 bits per heavy atom. The van der Waals surface area contributed by atoms with Crippen LogP contribution in [-0.2, 0) is 13.5 Å². The van der Waals surface area contributed by atoms with Gasteiger partial charge in [0, 0.05) is 22.4 Å². The Labute approximate surface area is 206 Å². The second kappa shape index (κ2) is 7.09. The Bertz CT molecular complexity index is 1870. The van der Waals surface area contributed by atoms with Crippen molar-refractivity contribution in [3.05, 3.63) is 70.7 Å². The van der Waals surface area contributed by atoms with Gasteiger partial charge in [-0.2, -0.15) is 13.2 Å². The SMILES string of the molecule is Cc1c(F)c(C)c2c(c1C)c1c3c(cc[n+]1C)cc(CC(C)(C)C(F)(F)F)c1c4ccccc4n2c13. The number of pyridine rings is 2. The van der Waals surface area contributed by atoms with Crippen molar-refractivity contribution in [2.75, 3.05) is 0 Å². The molecule has 3 aromatic heterocycles. The molecule has 0 saturated carbocycles. The van der Waals surface area contributed by atoms with E-state index in [1.807, 2.05) is 61.1 Å². The summed E-state index contributed by atoms with van der Waals surface area (Å²) in [4.78, 5) is 0. The number of hydrogen-bond acceptors (Lipinski definition) is 0. The summed E-state index contributed by atoms with van der Waals surface area (Å²) in [6.45, 7) is 8.06. The van der Waals surface area contributed by atoms with Gasteiger partial charge in [-0.15, -0.1) is 0 Å². The first-order valence-electron chi connectivity index (χ1n) is 12.1. The highest BCUT2D eigenvalue weighted by molar-refractivity contribution is 6.28. The van der Waals surface area contributed by atoms with Crippen LogP contribution in [0.2, 0.25) is 0 Å². The van der Waals surface area contributed by atoms with Crippen molar-refractivity contribution in [2.24, 2.45) is 12.5 Å². The van der Waals surface area contributed by atoms with E-state index in [2.05, 4.69) is 4.40 Å². The number of alkyl halides is 3. The molecule has 0 unspecified atom stereocenters. The Morgan fingerprint density at radius 2 is 1.56 bits per heavy atom. The van der Waals surface area contributed by atoms with Crippen molar-refractivity contribution in [3.63, 3.8) is 0 Å². The van der Waals surface area contributed by atoms with Gasteiger partial charge >= 0.3 is 6.18 Å². The summed E-state index contributed by atoms with van der Waals surface area (Å²) in [6.07, 6.45) is -2.56. The first kappa shape index (κ1) is 23.0. The van der Waals surface area contributed by atoms with Crippen LogP contribution in [-0.4, -0.2) is 10.6 Å². The van der Waals surface area contributed by atoms with E-state index in [9.17, 15) is 13.2 Å². The average molecular weight is 492 g/mol. The predicted octanol–water partition coefficient (Wildman–Crippen LogP) is 8.01. The summed E-state index contributed by atoms with van der Waals surface area (Å²) in [7, 11) is 1.97. The molecular formula is C30H27F4N2+. The van der Waals surface area contributed by atoms with E-state index in [0.717, 1.165) is 54.6 Å². The van der Waals surface area contributed by atoms with Gasteiger partial charge in [-0.25, -0.2) is 8.96 Å². The van der Waals surface area contributed by atoms with Crippen LogP contribution < -0.4 is 4.57 Å². The number of para-hydroxylation sites is 1. The molecule has 0 fully saturated rings. The summed E-state index contributed by atoms with van der Waals surface area (Å²) < 4.78 is 61.7. The molecular weight excluding hydrogens is 464 g/mol. The molecule has 0 aliphatic heterocycles. The molecule has 0 saturated heterocycles. The van der Waals surface area contributed by atoms with E-state index in [1.165, 1.54) is 13.8 Å². The van der Waals surface area contributed by atoms with Crippen molar-refractivity contribution in [1.82, 2.24) is 4.40 Å². The first-order valence-corrected chi connectivity index (χ1v) is 12.1.